The number of fused-ring (bicyclic) bond motifs is 3. The van der Waals surface area contributed by atoms with Gasteiger partial charge in [0, 0.05) is 43.1 Å². The minimum absolute atomic E-state index is 0.0907. The molecule has 1 atom stereocenters. The van der Waals surface area contributed by atoms with Gasteiger partial charge in [0.05, 0.1) is 7.11 Å². The highest BCUT2D eigenvalue weighted by Crippen LogP contribution is 2.35. The summed E-state index contributed by atoms with van der Waals surface area (Å²) in [6.07, 6.45) is 4.89. The summed E-state index contributed by atoms with van der Waals surface area (Å²) >= 11 is 0. The van der Waals surface area contributed by atoms with Crippen molar-refractivity contribution in [2.24, 2.45) is 0 Å². The average Bonchev–Trinajstić information content (AvgIpc) is 3.50. The Bertz CT molecular complexity index is 1210. The third-order valence-electron chi connectivity index (χ3n) is 5.93. The number of aromatic nitrogens is 3. The Morgan fingerprint density at radius 2 is 2.21 bits per heavy atom. The number of benzene rings is 1. The Labute approximate surface area is 190 Å². The molecule has 170 valence electrons. The molecule has 1 fully saturated rings. The molecule has 1 N–H and O–H groups in total. The van der Waals surface area contributed by atoms with E-state index in [-0.39, 0.29) is 23.5 Å². The molecule has 1 unspecified atom stereocenters. The number of carbonyl (C=O) groups is 2. The maximum absolute atomic E-state index is 13.6. The zero-order chi connectivity index (χ0) is 22.9. The number of amides is 1. The fraction of sp³-hybridized carbons (Fsp3) is 0.348. The molecule has 2 aromatic heterocycles. The highest BCUT2D eigenvalue weighted by molar-refractivity contribution is 6.10. The van der Waals surface area contributed by atoms with E-state index in [1.165, 1.54) is 13.4 Å². The molecule has 2 aliphatic rings. The molecule has 1 amide bonds. The second-order valence-electron chi connectivity index (χ2n) is 7.95. The Balaban J connectivity index is 1.52. The van der Waals surface area contributed by atoms with Crippen molar-refractivity contribution in [3.63, 3.8) is 0 Å². The van der Waals surface area contributed by atoms with Crippen molar-refractivity contribution in [1.29, 1.82) is 0 Å². The maximum Gasteiger partial charge on any atom is 0.360 e. The summed E-state index contributed by atoms with van der Waals surface area (Å²) in [7, 11) is 1.29. The van der Waals surface area contributed by atoms with E-state index < -0.39 is 5.97 Å². The van der Waals surface area contributed by atoms with E-state index in [0.29, 0.717) is 41.7 Å². The van der Waals surface area contributed by atoms with Crippen molar-refractivity contribution in [2.45, 2.75) is 25.8 Å². The predicted molar refractivity (Wildman–Crippen MR) is 122 cm³/mol. The fourth-order valence-electron chi connectivity index (χ4n) is 4.36. The van der Waals surface area contributed by atoms with Crippen molar-refractivity contribution >= 4 is 29.3 Å². The van der Waals surface area contributed by atoms with Crippen LogP contribution >= 0.6 is 0 Å². The summed E-state index contributed by atoms with van der Waals surface area (Å²) in [5.41, 5.74) is 1.94. The van der Waals surface area contributed by atoms with Crippen LogP contribution in [0.4, 0.5) is 17.5 Å². The summed E-state index contributed by atoms with van der Waals surface area (Å²) in [4.78, 5) is 42.5. The third-order valence-corrected chi connectivity index (χ3v) is 5.93. The zero-order valence-corrected chi connectivity index (χ0v) is 18.4. The molecule has 10 nitrogen and oxygen atoms in total. The lowest BCUT2D eigenvalue weighted by molar-refractivity contribution is 0.0594. The summed E-state index contributed by atoms with van der Waals surface area (Å²) in [5, 5.41) is 3.13. The van der Waals surface area contributed by atoms with Gasteiger partial charge < -0.3 is 24.3 Å². The van der Waals surface area contributed by atoms with Crippen molar-refractivity contribution < 1.29 is 18.7 Å². The van der Waals surface area contributed by atoms with Gasteiger partial charge in [0.1, 0.15) is 17.6 Å². The van der Waals surface area contributed by atoms with Gasteiger partial charge in [-0.25, -0.2) is 14.8 Å². The number of rotatable bonds is 5. The van der Waals surface area contributed by atoms with Gasteiger partial charge in [-0.05, 0) is 38.0 Å². The second-order valence-corrected chi connectivity index (χ2v) is 7.95. The molecule has 0 aliphatic carbocycles. The van der Waals surface area contributed by atoms with Gasteiger partial charge >= 0.3 is 5.97 Å². The second kappa shape index (κ2) is 8.53. The lowest BCUT2D eigenvalue weighted by atomic mass is 10.1. The number of ether oxygens (including phenoxy) is 1. The first-order valence-corrected chi connectivity index (χ1v) is 10.9. The topological polar surface area (TPSA) is 114 Å². The van der Waals surface area contributed by atoms with Gasteiger partial charge in [0.25, 0.3) is 5.91 Å². The molecular weight excluding hydrogens is 424 g/mol. The van der Waals surface area contributed by atoms with Crippen LogP contribution in [0.1, 0.15) is 40.6 Å². The van der Waals surface area contributed by atoms with Gasteiger partial charge in [-0.1, -0.05) is 6.07 Å². The van der Waals surface area contributed by atoms with Crippen LogP contribution in [0.3, 0.4) is 0 Å². The van der Waals surface area contributed by atoms with Gasteiger partial charge in [0.2, 0.25) is 11.8 Å². The van der Waals surface area contributed by atoms with E-state index in [2.05, 4.69) is 25.2 Å². The number of carbonyl (C=O) groups excluding carboxylic acids is 2. The molecule has 0 radical (unpaired) electrons. The average molecular weight is 448 g/mol. The summed E-state index contributed by atoms with van der Waals surface area (Å²) in [5.74, 6) is 0.764. The Morgan fingerprint density at radius 3 is 3.03 bits per heavy atom. The van der Waals surface area contributed by atoms with Crippen LogP contribution in [0.15, 0.2) is 41.1 Å². The highest BCUT2D eigenvalue weighted by Gasteiger charge is 2.37. The highest BCUT2D eigenvalue weighted by atomic mass is 16.5. The quantitative estimate of drug-likeness (QED) is 0.588. The maximum atomic E-state index is 13.6. The number of anilines is 3. The number of hydrogen-bond donors (Lipinski definition) is 1. The lowest BCUT2D eigenvalue weighted by Gasteiger charge is -2.27. The van der Waals surface area contributed by atoms with Crippen LogP contribution in [0.25, 0.3) is 11.5 Å². The SMILES string of the molecule is CCNc1ncc2c(n1)N1CCCC1CN(c1cccc(-c3nc(C(=O)OC)co3)c1)C2=O. The van der Waals surface area contributed by atoms with Gasteiger partial charge in [-0.3, -0.25) is 4.79 Å². The van der Waals surface area contributed by atoms with Crippen LogP contribution in [0, 0.1) is 0 Å². The molecule has 10 heteroatoms. The molecule has 0 spiro atoms. The van der Waals surface area contributed by atoms with Crippen LogP contribution in [0.5, 0.6) is 0 Å². The molecule has 4 heterocycles. The molecular formula is C23H24N6O4. The molecule has 3 aromatic rings. The van der Waals surface area contributed by atoms with Crippen LogP contribution in [-0.2, 0) is 4.74 Å². The molecule has 2 aliphatic heterocycles. The standard InChI is InChI=1S/C23H24N6O4/c1-3-24-23-25-11-17-19(27-23)28-9-5-8-16(28)12-29(21(17)30)15-7-4-6-14(10-15)20-26-18(13-33-20)22(31)32-2/h4,6-7,10-11,13,16H,3,5,8-9,12H2,1-2H3,(H,24,25,27). The first-order valence-electron chi connectivity index (χ1n) is 10.9. The van der Waals surface area contributed by atoms with Crippen molar-refractivity contribution in [3.8, 4) is 11.5 Å². The molecule has 0 saturated carbocycles. The van der Waals surface area contributed by atoms with Crippen LogP contribution in [-0.4, -0.2) is 59.6 Å². The minimum Gasteiger partial charge on any atom is -0.464 e. The van der Waals surface area contributed by atoms with Gasteiger partial charge in [0.15, 0.2) is 5.69 Å². The Kier molecular flexibility index (Phi) is 5.41. The smallest absolute Gasteiger partial charge is 0.360 e. The van der Waals surface area contributed by atoms with E-state index in [0.717, 1.165) is 19.4 Å². The zero-order valence-electron chi connectivity index (χ0n) is 18.4. The normalized spacial score (nSPS) is 17.4. The molecule has 1 aromatic carbocycles. The number of esters is 1. The van der Waals surface area contributed by atoms with Crippen molar-refractivity contribution in [3.05, 3.63) is 48.0 Å². The molecule has 33 heavy (non-hydrogen) atoms. The van der Waals surface area contributed by atoms with E-state index in [4.69, 9.17) is 9.15 Å². The first kappa shape index (κ1) is 20.9. The number of methoxy groups -OCH3 is 1. The van der Waals surface area contributed by atoms with Gasteiger partial charge in [-0.15, -0.1) is 0 Å². The number of oxazole rings is 1. The van der Waals surface area contributed by atoms with E-state index in [9.17, 15) is 9.59 Å². The summed E-state index contributed by atoms with van der Waals surface area (Å²) in [6.45, 7) is 4.07. The molecule has 5 rings (SSSR count). The first-order chi connectivity index (χ1) is 16.1. The summed E-state index contributed by atoms with van der Waals surface area (Å²) < 4.78 is 10.2. The van der Waals surface area contributed by atoms with E-state index >= 15 is 0 Å². The number of nitrogens with one attached hydrogen (secondary N) is 1. The van der Waals surface area contributed by atoms with Crippen molar-refractivity contribution in [1.82, 2.24) is 15.0 Å². The third kappa shape index (κ3) is 3.77. The molecule has 1 saturated heterocycles. The minimum atomic E-state index is -0.571. The monoisotopic (exact) mass is 448 g/mol. The Hall–Kier alpha value is -3.95. The largest absolute Gasteiger partial charge is 0.464 e. The number of hydrogen-bond acceptors (Lipinski definition) is 9. The van der Waals surface area contributed by atoms with Crippen LogP contribution < -0.4 is 15.1 Å². The molecule has 0 bridgehead atoms. The van der Waals surface area contributed by atoms with Crippen molar-refractivity contribution in [2.75, 3.05) is 41.9 Å². The van der Waals surface area contributed by atoms with Gasteiger partial charge in [-0.2, -0.15) is 4.98 Å². The predicted octanol–water partition coefficient (Wildman–Crippen LogP) is 2.98. The summed E-state index contributed by atoms with van der Waals surface area (Å²) in [6, 6.07) is 7.53. The van der Waals surface area contributed by atoms with E-state index in [1.54, 1.807) is 11.1 Å². The Morgan fingerprint density at radius 1 is 1.33 bits per heavy atom. The fourth-order valence-corrected chi connectivity index (χ4v) is 4.36. The van der Waals surface area contributed by atoms with E-state index in [1.807, 2.05) is 31.2 Å². The lowest BCUT2D eigenvalue weighted by Crippen LogP contribution is -2.39. The van der Waals surface area contributed by atoms with Crippen LogP contribution in [0.2, 0.25) is 0 Å². The number of nitrogens with zero attached hydrogens (tertiary/aromatic N) is 5.